The molecule has 4 aromatic rings. The summed E-state index contributed by atoms with van der Waals surface area (Å²) >= 11 is 1.36. The molecule has 8 heteroatoms. The van der Waals surface area contributed by atoms with Crippen molar-refractivity contribution in [1.29, 1.82) is 5.26 Å². The highest BCUT2D eigenvalue weighted by atomic mass is 32.2. The van der Waals surface area contributed by atoms with Crippen LogP contribution >= 0.6 is 11.8 Å². The van der Waals surface area contributed by atoms with Gasteiger partial charge in [-0.25, -0.2) is 0 Å². The number of para-hydroxylation sites is 2. The molecule has 182 valence electrons. The number of nitrogens with zero attached hydrogens (tertiary/aromatic N) is 6. The fourth-order valence-corrected chi connectivity index (χ4v) is 4.93. The van der Waals surface area contributed by atoms with E-state index in [2.05, 4.69) is 57.9 Å². The van der Waals surface area contributed by atoms with Crippen molar-refractivity contribution in [2.45, 2.75) is 38.3 Å². The molecule has 0 aliphatic rings. The lowest BCUT2D eigenvalue weighted by Crippen LogP contribution is -2.33. The predicted octanol–water partition coefficient (Wildman–Crippen LogP) is 5.49. The van der Waals surface area contributed by atoms with Crippen molar-refractivity contribution in [3.8, 4) is 23.1 Å². The van der Waals surface area contributed by atoms with E-state index < -0.39 is 0 Å². The third-order valence-electron chi connectivity index (χ3n) is 5.88. The van der Waals surface area contributed by atoms with E-state index in [4.69, 9.17) is 5.26 Å². The first-order valence-corrected chi connectivity index (χ1v) is 13.0. The van der Waals surface area contributed by atoms with Crippen LogP contribution in [0.2, 0.25) is 0 Å². The number of benzene rings is 2. The lowest BCUT2D eigenvalue weighted by Gasteiger charge is -2.22. The van der Waals surface area contributed by atoms with E-state index >= 15 is 0 Å². The van der Waals surface area contributed by atoms with Gasteiger partial charge in [-0.3, -0.25) is 14.3 Å². The number of hydrogen-bond donors (Lipinski definition) is 0. The summed E-state index contributed by atoms with van der Waals surface area (Å²) in [5.41, 5.74) is 5.07. The van der Waals surface area contributed by atoms with Crippen molar-refractivity contribution in [3.63, 3.8) is 0 Å². The predicted molar refractivity (Wildman–Crippen MR) is 143 cm³/mol. The average Bonchev–Trinajstić information content (AvgIpc) is 3.36. The molecule has 0 saturated carbocycles. The lowest BCUT2D eigenvalue weighted by molar-refractivity contribution is -0.116. The fourth-order valence-electron chi connectivity index (χ4n) is 4.12. The van der Waals surface area contributed by atoms with E-state index in [1.165, 1.54) is 22.9 Å². The van der Waals surface area contributed by atoms with Crippen LogP contribution in [0.15, 0.2) is 78.2 Å². The fraction of sp³-hybridized carbons (Fsp3) is 0.250. The second kappa shape index (κ2) is 12.1. The van der Waals surface area contributed by atoms with Gasteiger partial charge in [-0.15, -0.1) is 10.2 Å². The van der Waals surface area contributed by atoms with Crippen LogP contribution in [-0.4, -0.2) is 38.0 Å². The number of aromatic nitrogens is 4. The van der Waals surface area contributed by atoms with Gasteiger partial charge in [0.05, 0.1) is 23.9 Å². The first kappa shape index (κ1) is 25.1. The number of nitriles is 1. The number of pyridine rings is 1. The Balaban J connectivity index is 1.72. The first-order chi connectivity index (χ1) is 17.7. The van der Waals surface area contributed by atoms with Gasteiger partial charge in [-0.05, 0) is 48.2 Å². The molecular formula is C28H28N6OS. The Morgan fingerprint density at radius 2 is 1.75 bits per heavy atom. The SMILES string of the molecule is CCc1cccc(CC)c1-n1c(SCC(=O)N(CCC#N)c2ccccc2)nnc1-c1cccnc1. The van der Waals surface area contributed by atoms with Gasteiger partial charge in [-0.2, -0.15) is 5.26 Å². The normalized spacial score (nSPS) is 10.7. The summed E-state index contributed by atoms with van der Waals surface area (Å²) in [5.74, 6) is 0.776. The Morgan fingerprint density at radius 3 is 2.39 bits per heavy atom. The lowest BCUT2D eigenvalue weighted by atomic mass is 10.0. The largest absolute Gasteiger partial charge is 0.311 e. The van der Waals surface area contributed by atoms with Crippen LogP contribution in [0.5, 0.6) is 0 Å². The number of carbonyl (C=O) groups is 1. The molecule has 36 heavy (non-hydrogen) atoms. The molecule has 1 amide bonds. The zero-order chi connectivity index (χ0) is 25.3. The van der Waals surface area contributed by atoms with Gasteiger partial charge in [0.15, 0.2) is 11.0 Å². The molecule has 0 aliphatic carbocycles. The molecule has 0 bridgehead atoms. The molecule has 7 nitrogen and oxygen atoms in total. The summed E-state index contributed by atoms with van der Waals surface area (Å²) in [6, 6.07) is 21.8. The zero-order valence-electron chi connectivity index (χ0n) is 20.5. The molecule has 0 spiro atoms. The Bertz CT molecular complexity index is 1330. The highest BCUT2D eigenvalue weighted by Crippen LogP contribution is 2.32. The summed E-state index contributed by atoms with van der Waals surface area (Å²) in [6.45, 7) is 4.61. The van der Waals surface area contributed by atoms with Crippen LogP contribution in [0, 0.1) is 11.3 Å². The van der Waals surface area contributed by atoms with E-state index in [0.717, 1.165) is 29.8 Å². The van der Waals surface area contributed by atoms with Crippen LogP contribution in [0.1, 0.15) is 31.4 Å². The summed E-state index contributed by atoms with van der Waals surface area (Å²) < 4.78 is 2.06. The van der Waals surface area contributed by atoms with Crippen molar-refractivity contribution in [3.05, 3.63) is 84.2 Å². The number of thioether (sulfide) groups is 1. The number of amides is 1. The van der Waals surface area contributed by atoms with Crippen molar-refractivity contribution in [2.24, 2.45) is 0 Å². The van der Waals surface area contributed by atoms with Gasteiger partial charge in [0.2, 0.25) is 5.91 Å². The maximum Gasteiger partial charge on any atom is 0.237 e. The second-order valence-corrected chi connectivity index (χ2v) is 9.04. The van der Waals surface area contributed by atoms with Crippen LogP contribution in [0.4, 0.5) is 5.69 Å². The van der Waals surface area contributed by atoms with E-state index in [1.807, 2.05) is 42.5 Å². The maximum absolute atomic E-state index is 13.3. The number of aryl methyl sites for hydroxylation is 2. The van der Waals surface area contributed by atoms with E-state index in [1.54, 1.807) is 17.3 Å². The molecule has 0 N–H and O–H groups in total. The van der Waals surface area contributed by atoms with Gasteiger partial charge < -0.3 is 4.90 Å². The minimum Gasteiger partial charge on any atom is -0.311 e. The molecule has 2 heterocycles. The van der Waals surface area contributed by atoms with Crippen LogP contribution in [0.25, 0.3) is 17.1 Å². The molecule has 0 fully saturated rings. The van der Waals surface area contributed by atoms with Gasteiger partial charge in [-0.1, -0.05) is 62.0 Å². The van der Waals surface area contributed by atoms with Gasteiger partial charge in [0.1, 0.15) is 0 Å². The minimum atomic E-state index is -0.0848. The van der Waals surface area contributed by atoms with E-state index in [0.29, 0.717) is 17.5 Å². The molecule has 4 rings (SSSR count). The van der Waals surface area contributed by atoms with Crippen LogP contribution < -0.4 is 4.90 Å². The molecule has 0 aliphatic heterocycles. The summed E-state index contributed by atoms with van der Waals surface area (Å²) in [6.07, 6.45) is 5.48. The summed E-state index contributed by atoms with van der Waals surface area (Å²) in [4.78, 5) is 19.3. The number of rotatable bonds is 10. The smallest absolute Gasteiger partial charge is 0.237 e. The highest BCUT2D eigenvalue weighted by Gasteiger charge is 2.23. The molecule has 0 radical (unpaired) electrons. The van der Waals surface area contributed by atoms with Gasteiger partial charge >= 0.3 is 0 Å². The molecule has 2 aromatic carbocycles. The van der Waals surface area contributed by atoms with Crippen molar-refractivity contribution in [2.75, 3.05) is 17.2 Å². The van der Waals surface area contributed by atoms with E-state index in [-0.39, 0.29) is 18.1 Å². The molecule has 0 atom stereocenters. The molecule has 0 saturated heterocycles. The monoisotopic (exact) mass is 496 g/mol. The summed E-state index contributed by atoms with van der Waals surface area (Å²) in [7, 11) is 0. The molecule has 2 aromatic heterocycles. The molecule has 0 unspecified atom stereocenters. The van der Waals surface area contributed by atoms with Crippen LogP contribution in [-0.2, 0) is 17.6 Å². The third-order valence-corrected chi connectivity index (χ3v) is 6.80. The quantitative estimate of drug-likeness (QED) is 0.270. The van der Waals surface area contributed by atoms with Gasteiger partial charge in [0.25, 0.3) is 0 Å². The zero-order valence-corrected chi connectivity index (χ0v) is 21.3. The summed E-state index contributed by atoms with van der Waals surface area (Å²) in [5, 5.41) is 18.8. The van der Waals surface area contributed by atoms with Crippen molar-refractivity contribution in [1.82, 2.24) is 19.7 Å². The Hall–Kier alpha value is -3.96. The number of hydrogen-bond acceptors (Lipinski definition) is 6. The topological polar surface area (TPSA) is 87.7 Å². The number of carbonyl (C=O) groups excluding carboxylic acids is 1. The Labute approximate surface area is 215 Å². The first-order valence-electron chi connectivity index (χ1n) is 12.0. The standard InChI is InChI=1S/C28H28N6OS/c1-3-21-11-8-12-22(4-2)26(21)34-27(23-13-9-17-30-19-23)31-32-28(34)36-20-25(35)33(18-10-16-29)24-14-6-5-7-15-24/h5-9,11-15,17,19H,3-4,10,18,20H2,1-2H3. The van der Waals surface area contributed by atoms with Crippen LogP contribution in [0.3, 0.4) is 0 Å². The second-order valence-electron chi connectivity index (χ2n) is 8.09. The third kappa shape index (κ3) is 5.47. The van der Waals surface area contributed by atoms with Crippen molar-refractivity contribution >= 4 is 23.4 Å². The highest BCUT2D eigenvalue weighted by molar-refractivity contribution is 7.99. The Morgan fingerprint density at radius 1 is 1.00 bits per heavy atom. The van der Waals surface area contributed by atoms with E-state index in [9.17, 15) is 4.79 Å². The van der Waals surface area contributed by atoms with Gasteiger partial charge in [0, 0.05) is 30.2 Å². The minimum absolute atomic E-state index is 0.0848. The molecular weight excluding hydrogens is 468 g/mol. The maximum atomic E-state index is 13.3. The average molecular weight is 497 g/mol. The number of anilines is 1. The Kier molecular flexibility index (Phi) is 8.48. The van der Waals surface area contributed by atoms with Crippen molar-refractivity contribution < 1.29 is 4.79 Å².